The number of carbonyl (C=O) groups excluding carboxylic acids is 2. The number of likely N-dealkylation sites (tertiary alicyclic amines) is 1. The van der Waals surface area contributed by atoms with Crippen LogP contribution in [0.15, 0.2) is 18.2 Å². The molecule has 0 bridgehead atoms. The van der Waals surface area contributed by atoms with Crippen molar-refractivity contribution in [1.29, 1.82) is 0 Å². The fourth-order valence-electron chi connectivity index (χ4n) is 7.50. The van der Waals surface area contributed by atoms with E-state index in [1.807, 2.05) is 34.6 Å². The number of benzene rings is 1. The molecule has 2 amide bonds. The van der Waals surface area contributed by atoms with Crippen molar-refractivity contribution in [3.05, 3.63) is 23.9 Å². The minimum atomic E-state index is -1.01. The van der Waals surface area contributed by atoms with Crippen molar-refractivity contribution in [2.45, 2.75) is 90.3 Å². The van der Waals surface area contributed by atoms with Gasteiger partial charge in [0.2, 0.25) is 5.91 Å². The molecule has 0 radical (unpaired) electrons. The molecule has 8 nitrogen and oxygen atoms in total. The summed E-state index contributed by atoms with van der Waals surface area (Å²) >= 11 is 0. The number of aromatic nitrogens is 1. The average molecular weight is 553 g/mol. The molecule has 2 aromatic rings. The Morgan fingerprint density at radius 1 is 1.00 bits per heavy atom. The molecule has 8 heteroatoms. The first-order valence-electron chi connectivity index (χ1n) is 15.3. The second kappa shape index (κ2) is 12.0. The number of carbonyl (C=O) groups is 2. The van der Waals surface area contributed by atoms with E-state index in [1.54, 1.807) is 14.2 Å². The molecule has 1 saturated carbocycles. The minimum Gasteiger partial charge on any atom is -0.496 e. The molecular formula is C32H48N4O4. The summed E-state index contributed by atoms with van der Waals surface area (Å²) in [5.74, 6) is 2.58. The number of hydrogen-bond donors (Lipinski definition) is 1. The van der Waals surface area contributed by atoms with Crippen LogP contribution in [0.1, 0.15) is 82.6 Å². The van der Waals surface area contributed by atoms with Crippen molar-refractivity contribution in [2.75, 3.05) is 40.4 Å². The Balaban J connectivity index is 1.46. The zero-order valence-corrected chi connectivity index (χ0v) is 25.1. The van der Waals surface area contributed by atoms with Crippen molar-refractivity contribution >= 4 is 22.7 Å². The fourth-order valence-corrected chi connectivity index (χ4v) is 7.50. The van der Waals surface area contributed by atoms with Crippen molar-refractivity contribution in [1.82, 2.24) is 19.7 Å². The van der Waals surface area contributed by atoms with Gasteiger partial charge in [0.15, 0.2) is 0 Å². The van der Waals surface area contributed by atoms with Gasteiger partial charge < -0.3 is 29.2 Å². The van der Waals surface area contributed by atoms with Gasteiger partial charge in [-0.05, 0) is 69.2 Å². The third-order valence-electron chi connectivity index (χ3n) is 9.43. The van der Waals surface area contributed by atoms with Crippen LogP contribution in [0.4, 0.5) is 0 Å². The first kappa shape index (κ1) is 28.8. The average Bonchev–Trinajstić information content (AvgIpc) is 3.11. The maximum absolute atomic E-state index is 14.3. The summed E-state index contributed by atoms with van der Waals surface area (Å²) in [7, 11) is 3.27. The van der Waals surface area contributed by atoms with Crippen LogP contribution in [0.2, 0.25) is 0 Å². The number of ether oxygens (including phenoxy) is 2. The van der Waals surface area contributed by atoms with E-state index in [-0.39, 0.29) is 17.9 Å². The van der Waals surface area contributed by atoms with E-state index >= 15 is 0 Å². The Hall–Kier alpha value is -2.74. The van der Waals surface area contributed by atoms with Crippen molar-refractivity contribution < 1.29 is 19.1 Å². The third-order valence-corrected chi connectivity index (χ3v) is 9.43. The molecule has 3 heterocycles. The van der Waals surface area contributed by atoms with Gasteiger partial charge in [-0.2, -0.15) is 0 Å². The van der Waals surface area contributed by atoms with Crippen LogP contribution in [0.25, 0.3) is 10.9 Å². The predicted octanol–water partition coefficient (Wildman–Crippen LogP) is 5.08. The van der Waals surface area contributed by atoms with Gasteiger partial charge in [-0.1, -0.05) is 39.5 Å². The maximum atomic E-state index is 14.3. The van der Waals surface area contributed by atoms with Gasteiger partial charge in [-0.15, -0.1) is 0 Å². The van der Waals surface area contributed by atoms with Crippen LogP contribution in [0.3, 0.4) is 0 Å². The van der Waals surface area contributed by atoms with Crippen LogP contribution in [0, 0.1) is 11.8 Å². The Bertz CT molecular complexity index is 1210. The number of piperidine rings is 1. The van der Waals surface area contributed by atoms with Crippen molar-refractivity contribution in [3.63, 3.8) is 0 Å². The molecule has 1 saturated heterocycles. The molecule has 2 aliphatic heterocycles. The van der Waals surface area contributed by atoms with Gasteiger partial charge in [-0.3, -0.25) is 9.59 Å². The molecule has 220 valence electrons. The summed E-state index contributed by atoms with van der Waals surface area (Å²) < 4.78 is 13.4. The molecule has 1 N–H and O–H groups in total. The number of rotatable bonds is 8. The van der Waals surface area contributed by atoms with E-state index in [9.17, 15) is 9.59 Å². The normalized spacial score (nSPS) is 26.4. The molecule has 1 aromatic carbocycles. The molecule has 0 spiro atoms. The Morgan fingerprint density at radius 3 is 2.30 bits per heavy atom. The summed E-state index contributed by atoms with van der Waals surface area (Å²) in [5, 5.41) is 4.21. The molecule has 5 rings (SSSR count). The highest BCUT2D eigenvalue weighted by Gasteiger charge is 2.48. The van der Waals surface area contributed by atoms with Crippen LogP contribution in [0.5, 0.6) is 11.5 Å². The highest BCUT2D eigenvalue weighted by molar-refractivity contribution is 6.05. The molecule has 0 unspecified atom stereocenters. The first-order chi connectivity index (χ1) is 19.2. The molecular weight excluding hydrogens is 504 g/mol. The second-order valence-corrected chi connectivity index (χ2v) is 12.8. The monoisotopic (exact) mass is 552 g/mol. The van der Waals surface area contributed by atoms with Crippen LogP contribution >= 0.6 is 0 Å². The van der Waals surface area contributed by atoms with E-state index in [1.165, 1.54) is 19.3 Å². The summed E-state index contributed by atoms with van der Waals surface area (Å²) in [6.45, 7) is 10.7. The third kappa shape index (κ3) is 5.56. The highest BCUT2D eigenvalue weighted by atomic mass is 16.5. The second-order valence-electron chi connectivity index (χ2n) is 12.8. The van der Waals surface area contributed by atoms with Crippen molar-refractivity contribution in [3.8, 4) is 11.5 Å². The Labute approximate surface area is 239 Å². The van der Waals surface area contributed by atoms with Crippen LogP contribution in [-0.4, -0.2) is 78.2 Å². The van der Waals surface area contributed by atoms with Gasteiger partial charge in [0, 0.05) is 31.1 Å². The number of nitrogens with one attached hydrogen (secondary N) is 1. The highest BCUT2D eigenvalue weighted by Crippen LogP contribution is 2.40. The fraction of sp³-hybridized carbons (Fsp3) is 0.688. The molecule has 1 aliphatic carbocycles. The number of hydrogen-bond acceptors (Lipinski definition) is 5. The van der Waals surface area contributed by atoms with Crippen LogP contribution < -0.4 is 14.8 Å². The smallest absolute Gasteiger partial charge is 0.271 e. The van der Waals surface area contributed by atoms with Gasteiger partial charge >= 0.3 is 0 Å². The Kier molecular flexibility index (Phi) is 8.64. The van der Waals surface area contributed by atoms with E-state index in [2.05, 4.69) is 24.1 Å². The lowest BCUT2D eigenvalue weighted by Gasteiger charge is -2.45. The van der Waals surface area contributed by atoms with Crippen molar-refractivity contribution in [2.24, 2.45) is 11.8 Å². The van der Waals surface area contributed by atoms with E-state index in [0.29, 0.717) is 42.1 Å². The number of fused-ring (bicyclic) bond motifs is 3. The lowest BCUT2D eigenvalue weighted by molar-refractivity contribution is -0.133. The van der Waals surface area contributed by atoms with E-state index in [4.69, 9.17) is 9.47 Å². The SMILES string of the molecule is COc1ccc(OC)c2c1cc1n2C[C@](C)(C(=O)NC2CCCCCC2)N(CCCN2C[C@H](C)C[C@H](C)C2)C1=O. The van der Waals surface area contributed by atoms with Gasteiger partial charge in [0.05, 0.1) is 26.3 Å². The number of methoxy groups -OCH3 is 2. The zero-order chi connectivity index (χ0) is 28.4. The number of amides is 2. The van der Waals surface area contributed by atoms with Gasteiger partial charge in [0.25, 0.3) is 5.91 Å². The topological polar surface area (TPSA) is 76.0 Å². The summed E-state index contributed by atoms with van der Waals surface area (Å²) in [4.78, 5) is 32.8. The largest absolute Gasteiger partial charge is 0.496 e. The number of nitrogens with zero attached hydrogens (tertiary/aromatic N) is 3. The summed E-state index contributed by atoms with van der Waals surface area (Å²) in [6.07, 6.45) is 8.85. The quantitative estimate of drug-likeness (QED) is 0.463. The zero-order valence-electron chi connectivity index (χ0n) is 25.1. The van der Waals surface area contributed by atoms with Crippen LogP contribution in [-0.2, 0) is 11.3 Å². The molecule has 2 fully saturated rings. The lowest BCUT2D eigenvalue weighted by Crippen LogP contribution is -2.65. The molecule has 3 aliphatic rings. The summed E-state index contributed by atoms with van der Waals surface area (Å²) in [6, 6.07) is 5.81. The van der Waals surface area contributed by atoms with Gasteiger partial charge in [-0.25, -0.2) is 0 Å². The molecule has 1 aromatic heterocycles. The molecule has 3 atom stereocenters. The first-order valence-corrected chi connectivity index (χ1v) is 15.3. The van der Waals surface area contributed by atoms with Gasteiger partial charge in [0.1, 0.15) is 22.7 Å². The predicted molar refractivity (Wildman–Crippen MR) is 158 cm³/mol. The maximum Gasteiger partial charge on any atom is 0.271 e. The minimum absolute atomic E-state index is 0.0534. The van der Waals surface area contributed by atoms with E-state index < -0.39 is 5.54 Å². The summed E-state index contributed by atoms with van der Waals surface area (Å²) in [5.41, 5.74) is 0.367. The van der Waals surface area contributed by atoms with E-state index in [0.717, 1.165) is 62.6 Å². The molecule has 40 heavy (non-hydrogen) atoms. The Morgan fingerprint density at radius 2 is 1.65 bits per heavy atom. The lowest BCUT2D eigenvalue weighted by atomic mass is 9.91. The standard InChI is InChI=1S/C32H48N4O4/c1-22-17-23(2)20-34(19-22)15-10-16-36-30(37)26-18-25-27(39-4)13-14-28(40-5)29(25)35(26)21-32(36,3)31(38)33-24-11-8-6-7-9-12-24/h13-14,18,22-24H,6-12,15-17,19-21H2,1-5H3,(H,33,38)/t22-,23+,32-/m1/s1.